The molecule has 2 aromatic carbocycles. The van der Waals surface area contributed by atoms with Crippen LogP contribution in [0.3, 0.4) is 0 Å². The van der Waals surface area contributed by atoms with E-state index in [1.165, 1.54) is 12.1 Å². The molecule has 2 aromatic rings. The van der Waals surface area contributed by atoms with Crippen LogP contribution in [-0.4, -0.2) is 14.2 Å². The molecule has 1 unspecified atom stereocenters. The highest BCUT2D eigenvalue weighted by Gasteiger charge is 2.27. The molecule has 0 spiro atoms. The Bertz CT molecular complexity index is 611. The molecule has 0 bridgehead atoms. The van der Waals surface area contributed by atoms with E-state index < -0.39 is 5.54 Å². The summed E-state index contributed by atoms with van der Waals surface area (Å²) in [4.78, 5) is 0. The van der Waals surface area contributed by atoms with Gasteiger partial charge in [-0.15, -0.1) is 0 Å². The van der Waals surface area contributed by atoms with Gasteiger partial charge in [0.15, 0.2) is 0 Å². The molecule has 0 amide bonds. The molecule has 0 aliphatic carbocycles. The van der Waals surface area contributed by atoms with Crippen LogP contribution in [0.1, 0.15) is 18.1 Å². The van der Waals surface area contributed by atoms with Gasteiger partial charge in [-0.3, -0.25) is 0 Å². The number of hydrogen-bond donors (Lipinski definition) is 1. The van der Waals surface area contributed by atoms with E-state index in [0.717, 1.165) is 5.56 Å². The van der Waals surface area contributed by atoms with Gasteiger partial charge in [0, 0.05) is 11.6 Å². The van der Waals surface area contributed by atoms with Gasteiger partial charge in [-0.2, -0.15) is 0 Å². The molecule has 2 N–H and O–H groups in total. The fourth-order valence-corrected chi connectivity index (χ4v) is 2.19. The van der Waals surface area contributed by atoms with Crippen molar-refractivity contribution in [3.8, 4) is 11.5 Å². The zero-order chi connectivity index (χ0) is 14.8. The standard InChI is InChI=1S/C16H18FNO2/c1-16(18,11-5-4-6-12(17)9-11)14-8-7-13(19-2)10-15(14)20-3/h4-10H,18H2,1-3H3. The van der Waals surface area contributed by atoms with E-state index in [1.807, 2.05) is 19.1 Å². The summed E-state index contributed by atoms with van der Waals surface area (Å²) in [6, 6.07) is 11.7. The summed E-state index contributed by atoms with van der Waals surface area (Å²) in [6.07, 6.45) is 0. The Morgan fingerprint density at radius 1 is 1.05 bits per heavy atom. The highest BCUT2D eigenvalue weighted by Crippen LogP contribution is 2.35. The summed E-state index contributed by atoms with van der Waals surface area (Å²) >= 11 is 0. The Balaban J connectivity index is 2.53. The highest BCUT2D eigenvalue weighted by molar-refractivity contribution is 5.49. The van der Waals surface area contributed by atoms with Crippen LogP contribution in [0.5, 0.6) is 11.5 Å². The Kier molecular flexibility index (Phi) is 3.95. The number of methoxy groups -OCH3 is 2. The van der Waals surface area contributed by atoms with Gasteiger partial charge < -0.3 is 15.2 Å². The van der Waals surface area contributed by atoms with Gasteiger partial charge in [0.25, 0.3) is 0 Å². The molecule has 20 heavy (non-hydrogen) atoms. The third-order valence-electron chi connectivity index (χ3n) is 3.39. The molecule has 0 aromatic heterocycles. The van der Waals surface area contributed by atoms with E-state index in [4.69, 9.17) is 15.2 Å². The van der Waals surface area contributed by atoms with E-state index in [2.05, 4.69) is 0 Å². The number of benzene rings is 2. The monoisotopic (exact) mass is 275 g/mol. The van der Waals surface area contributed by atoms with Crippen molar-refractivity contribution in [1.29, 1.82) is 0 Å². The molecule has 0 saturated heterocycles. The predicted octanol–water partition coefficient (Wildman–Crippen LogP) is 3.07. The summed E-state index contributed by atoms with van der Waals surface area (Å²) in [5, 5.41) is 0. The lowest BCUT2D eigenvalue weighted by molar-refractivity contribution is 0.383. The quantitative estimate of drug-likeness (QED) is 0.932. The molecule has 4 heteroatoms. The lowest BCUT2D eigenvalue weighted by Gasteiger charge is -2.28. The van der Waals surface area contributed by atoms with Crippen molar-refractivity contribution in [2.24, 2.45) is 5.73 Å². The minimum Gasteiger partial charge on any atom is -0.497 e. The average molecular weight is 275 g/mol. The van der Waals surface area contributed by atoms with E-state index in [-0.39, 0.29) is 5.82 Å². The number of nitrogens with two attached hydrogens (primary N) is 1. The smallest absolute Gasteiger partial charge is 0.127 e. The van der Waals surface area contributed by atoms with E-state index in [0.29, 0.717) is 17.1 Å². The second-order valence-corrected chi connectivity index (χ2v) is 4.78. The maximum absolute atomic E-state index is 13.4. The maximum Gasteiger partial charge on any atom is 0.127 e. The van der Waals surface area contributed by atoms with Gasteiger partial charge in [-0.25, -0.2) is 4.39 Å². The summed E-state index contributed by atoms with van der Waals surface area (Å²) in [7, 11) is 3.16. The van der Waals surface area contributed by atoms with Crippen LogP contribution in [0.15, 0.2) is 42.5 Å². The van der Waals surface area contributed by atoms with Crippen LogP contribution in [0.25, 0.3) is 0 Å². The first-order valence-corrected chi connectivity index (χ1v) is 6.26. The van der Waals surface area contributed by atoms with Crippen LogP contribution in [0.2, 0.25) is 0 Å². The molecule has 0 saturated carbocycles. The number of halogens is 1. The van der Waals surface area contributed by atoms with Gasteiger partial charge in [0.05, 0.1) is 19.8 Å². The van der Waals surface area contributed by atoms with Gasteiger partial charge in [0.2, 0.25) is 0 Å². The molecule has 0 aliphatic rings. The first kappa shape index (κ1) is 14.3. The largest absolute Gasteiger partial charge is 0.497 e. The second kappa shape index (κ2) is 5.51. The summed E-state index contributed by atoms with van der Waals surface area (Å²) in [5.41, 5.74) is 7.00. The van der Waals surface area contributed by atoms with Crippen molar-refractivity contribution in [3.05, 3.63) is 59.4 Å². The molecule has 0 radical (unpaired) electrons. The minimum absolute atomic E-state index is 0.313. The first-order valence-electron chi connectivity index (χ1n) is 6.26. The number of ether oxygens (including phenoxy) is 2. The van der Waals surface area contributed by atoms with E-state index in [9.17, 15) is 4.39 Å². The molecular weight excluding hydrogens is 257 g/mol. The Morgan fingerprint density at radius 2 is 1.80 bits per heavy atom. The zero-order valence-corrected chi connectivity index (χ0v) is 11.8. The molecule has 2 rings (SSSR count). The van der Waals surface area contributed by atoms with Crippen molar-refractivity contribution in [1.82, 2.24) is 0 Å². The van der Waals surface area contributed by atoms with Gasteiger partial charge >= 0.3 is 0 Å². The lowest BCUT2D eigenvalue weighted by atomic mass is 9.85. The van der Waals surface area contributed by atoms with Crippen molar-refractivity contribution >= 4 is 0 Å². The van der Waals surface area contributed by atoms with Crippen molar-refractivity contribution in [2.75, 3.05) is 14.2 Å². The maximum atomic E-state index is 13.4. The topological polar surface area (TPSA) is 44.5 Å². The molecule has 1 atom stereocenters. The second-order valence-electron chi connectivity index (χ2n) is 4.78. The minimum atomic E-state index is -0.861. The number of hydrogen-bond acceptors (Lipinski definition) is 3. The third kappa shape index (κ3) is 2.60. The molecule has 0 aliphatic heterocycles. The third-order valence-corrected chi connectivity index (χ3v) is 3.39. The summed E-state index contributed by atoms with van der Waals surface area (Å²) in [5.74, 6) is 0.978. The SMILES string of the molecule is COc1ccc(C(C)(N)c2cccc(F)c2)c(OC)c1. The molecule has 0 fully saturated rings. The normalized spacial score (nSPS) is 13.7. The van der Waals surface area contributed by atoms with Gasteiger partial charge in [-0.1, -0.05) is 12.1 Å². The van der Waals surface area contributed by atoms with Crippen LogP contribution in [0, 0.1) is 5.82 Å². The van der Waals surface area contributed by atoms with E-state index >= 15 is 0 Å². The van der Waals surface area contributed by atoms with Gasteiger partial charge in [0.1, 0.15) is 17.3 Å². The fourth-order valence-electron chi connectivity index (χ4n) is 2.19. The molecule has 3 nitrogen and oxygen atoms in total. The first-order chi connectivity index (χ1) is 9.48. The van der Waals surface area contributed by atoms with Crippen LogP contribution in [0.4, 0.5) is 4.39 Å². The van der Waals surface area contributed by atoms with Crippen LogP contribution < -0.4 is 15.2 Å². The highest BCUT2D eigenvalue weighted by atomic mass is 19.1. The average Bonchev–Trinajstić information content (AvgIpc) is 2.46. The fraction of sp³-hybridized carbons (Fsp3) is 0.250. The lowest BCUT2D eigenvalue weighted by Crippen LogP contribution is -2.34. The summed E-state index contributed by atoms with van der Waals surface area (Å²) < 4.78 is 23.9. The summed E-state index contributed by atoms with van der Waals surface area (Å²) in [6.45, 7) is 1.83. The van der Waals surface area contributed by atoms with E-state index in [1.54, 1.807) is 32.4 Å². The predicted molar refractivity (Wildman–Crippen MR) is 76.6 cm³/mol. The van der Waals surface area contributed by atoms with Gasteiger partial charge in [-0.05, 0) is 36.8 Å². The van der Waals surface area contributed by atoms with Crippen molar-refractivity contribution in [3.63, 3.8) is 0 Å². The van der Waals surface area contributed by atoms with Crippen molar-refractivity contribution in [2.45, 2.75) is 12.5 Å². The van der Waals surface area contributed by atoms with Crippen LogP contribution in [-0.2, 0) is 5.54 Å². The number of rotatable bonds is 4. The molecular formula is C16H18FNO2. The molecule has 0 heterocycles. The molecule has 106 valence electrons. The Morgan fingerprint density at radius 3 is 2.40 bits per heavy atom. The zero-order valence-electron chi connectivity index (χ0n) is 11.8. The Labute approximate surface area is 118 Å². The van der Waals surface area contributed by atoms with Crippen LogP contribution >= 0.6 is 0 Å². The van der Waals surface area contributed by atoms with Crippen molar-refractivity contribution < 1.29 is 13.9 Å². The Hall–Kier alpha value is -2.07.